The zero-order valence-electron chi connectivity index (χ0n) is 13.4. The number of nitrogens with one attached hydrogen (secondary N) is 1. The summed E-state index contributed by atoms with van der Waals surface area (Å²) < 4.78 is 0. The Kier molecular flexibility index (Phi) is 6.44. The number of benzene rings is 1. The van der Waals surface area contributed by atoms with E-state index in [1.165, 1.54) is 19.3 Å². The maximum atomic E-state index is 12.3. The lowest BCUT2D eigenvalue weighted by molar-refractivity contribution is -0.136. The molecule has 0 aromatic heterocycles. The number of carbonyl (C=O) groups is 2. The highest BCUT2D eigenvalue weighted by atomic mass is 16.2. The van der Waals surface area contributed by atoms with Crippen LogP contribution in [0.5, 0.6) is 0 Å². The van der Waals surface area contributed by atoms with E-state index in [0.717, 1.165) is 18.4 Å². The molecule has 0 bridgehead atoms. The standard InChI is InChI=1S/C18H26N2O2/c1-2-20(14-15-9-5-3-6-10-15)18(22)13-17(21)19-16-11-7-4-8-12-16/h3,5-6,9-10,16H,2,4,7-8,11-14H2,1H3,(H,19,21). The van der Waals surface area contributed by atoms with Gasteiger partial charge in [0.2, 0.25) is 11.8 Å². The zero-order chi connectivity index (χ0) is 15.8. The van der Waals surface area contributed by atoms with Crippen molar-refractivity contribution in [2.45, 2.75) is 58.0 Å². The fourth-order valence-electron chi connectivity index (χ4n) is 2.95. The van der Waals surface area contributed by atoms with Crippen molar-refractivity contribution in [1.29, 1.82) is 0 Å². The van der Waals surface area contributed by atoms with E-state index in [2.05, 4.69) is 5.32 Å². The number of amides is 2. The number of nitrogens with zero attached hydrogens (tertiary/aromatic N) is 1. The van der Waals surface area contributed by atoms with Gasteiger partial charge in [0.1, 0.15) is 6.42 Å². The molecule has 2 amide bonds. The summed E-state index contributed by atoms with van der Waals surface area (Å²) in [4.78, 5) is 26.1. The molecule has 0 saturated heterocycles. The van der Waals surface area contributed by atoms with Crippen LogP contribution in [0.3, 0.4) is 0 Å². The minimum Gasteiger partial charge on any atom is -0.353 e. The van der Waals surface area contributed by atoms with Crippen LogP contribution in [0.25, 0.3) is 0 Å². The Morgan fingerprint density at radius 1 is 1.14 bits per heavy atom. The Hall–Kier alpha value is -1.84. The molecule has 4 heteroatoms. The number of rotatable bonds is 6. The average molecular weight is 302 g/mol. The highest BCUT2D eigenvalue weighted by Gasteiger charge is 2.20. The fraction of sp³-hybridized carbons (Fsp3) is 0.556. The van der Waals surface area contributed by atoms with E-state index in [4.69, 9.17) is 0 Å². The lowest BCUT2D eigenvalue weighted by atomic mass is 9.95. The van der Waals surface area contributed by atoms with E-state index < -0.39 is 0 Å². The molecule has 1 N–H and O–H groups in total. The van der Waals surface area contributed by atoms with Gasteiger partial charge in [0.15, 0.2) is 0 Å². The van der Waals surface area contributed by atoms with Gasteiger partial charge in [-0.25, -0.2) is 0 Å². The molecule has 1 fully saturated rings. The van der Waals surface area contributed by atoms with Gasteiger partial charge in [-0.2, -0.15) is 0 Å². The van der Waals surface area contributed by atoms with Crippen LogP contribution in [0.2, 0.25) is 0 Å². The van der Waals surface area contributed by atoms with Gasteiger partial charge in [-0.1, -0.05) is 49.6 Å². The van der Waals surface area contributed by atoms with Crippen LogP contribution in [0.1, 0.15) is 51.0 Å². The number of hydrogen-bond donors (Lipinski definition) is 1. The monoisotopic (exact) mass is 302 g/mol. The largest absolute Gasteiger partial charge is 0.353 e. The molecule has 0 atom stereocenters. The second-order valence-electron chi connectivity index (χ2n) is 5.97. The summed E-state index contributed by atoms with van der Waals surface area (Å²) in [5, 5.41) is 3.01. The van der Waals surface area contributed by atoms with Gasteiger partial charge in [-0.15, -0.1) is 0 Å². The molecular formula is C18H26N2O2. The minimum absolute atomic E-state index is 0.0445. The van der Waals surface area contributed by atoms with Crippen LogP contribution >= 0.6 is 0 Å². The molecule has 0 radical (unpaired) electrons. The summed E-state index contributed by atoms with van der Waals surface area (Å²) in [6.07, 6.45) is 5.65. The third kappa shape index (κ3) is 5.17. The number of hydrogen-bond acceptors (Lipinski definition) is 2. The maximum Gasteiger partial charge on any atom is 0.232 e. The number of carbonyl (C=O) groups excluding carboxylic acids is 2. The van der Waals surface area contributed by atoms with Crippen LogP contribution < -0.4 is 5.32 Å². The van der Waals surface area contributed by atoms with Gasteiger partial charge in [0.25, 0.3) is 0 Å². The van der Waals surface area contributed by atoms with E-state index in [0.29, 0.717) is 13.1 Å². The van der Waals surface area contributed by atoms with Gasteiger partial charge in [0.05, 0.1) is 0 Å². The van der Waals surface area contributed by atoms with Crippen LogP contribution in [0.4, 0.5) is 0 Å². The summed E-state index contributed by atoms with van der Waals surface area (Å²) >= 11 is 0. The first-order chi connectivity index (χ1) is 10.7. The second kappa shape index (κ2) is 8.57. The summed E-state index contributed by atoms with van der Waals surface area (Å²) in [6, 6.07) is 10.1. The van der Waals surface area contributed by atoms with Gasteiger partial charge in [-0.3, -0.25) is 9.59 Å². The molecule has 0 unspecified atom stereocenters. The smallest absolute Gasteiger partial charge is 0.232 e. The van der Waals surface area contributed by atoms with Gasteiger partial charge in [-0.05, 0) is 25.3 Å². The lowest BCUT2D eigenvalue weighted by Gasteiger charge is -2.24. The summed E-state index contributed by atoms with van der Waals surface area (Å²) in [5.74, 6) is -0.233. The molecule has 1 saturated carbocycles. The molecule has 1 aliphatic rings. The Morgan fingerprint density at radius 2 is 1.82 bits per heavy atom. The first kappa shape index (κ1) is 16.5. The van der Waals surface area contributed by atoms with Crippen LogP contribution in [0, 0.1) is 0 Å². The second-order valence-corrected chi connectivity index (χ2v) is 5.97. The zero-order valence-corrected chi connectivity index (χ0v) is 13.4. The average Bonchev–Trinajstić information content (AvgIpc) is 2.54. The molecule has 4 nitrogen and oxygen atoms in total. The van der Waals surface area contributed by atoms with Crippen LogP contribution in [-0.4, -0.2) is 29.3 Å². The maximum absolute atomic E-state index is 12.3. The summed E-state index contributed by atoms with van der Waals surface area (Å²) in [5.41, 5.74) is 1.09. The van der Waals surface area contributed by atoms with Gasteiger partial charge in [0, 0.05) is 19.1 Å². The molecular weight excluding hydrogens is 276 g/mol. The van der Waals surface area contributed by atoms with Crippen LogP contribution in [-0.2, 0) is 16.1 Å². The van der Waals surface area contributed by atoms with Crippen molar-refractivity contribution in [3.05, 3.63) is 35.9 Å². The van der Waals surface area contributed by atoms with Crippen molar-refractivity contribution in [3.63, 3.8) is 0 Å². The summed E-state index contributed by atoms with van der Waals surface area (Å²) in [6.45, 7) is 3.12. The van der Waals surface area contributed by atoms with Crippen molar-refractivity contribution in [3.8, 4) is 0 Å². The van der Waals surface area contributed by atoms with Crippen LogP contribution in [0.15, 0.2) is 30.3 Å². The quantitative estimate of drug-likeness (QED) is 0.821. The third-order valence-corrected chi connectivity index (χ3v) is 4.23. The Bertz CT molecular complexity index is 481. The molecule has 0 spiro atoms. The highest BCUT2D eigenvalue weighted by molar-refractivity contribution is 5.97. The normalized spacial score (nSPS) is 15.3. The van der Waals surface area contributed by atoms with Crippen molar-refractivity contribution in [1.82, 2.24) is 10.2 Å². The predicted octanol–water partition coefficient (Wildman–Crippen LogP) is 2.87. The van der Waals surface area contributed by atoms with E-state index in [1.54, 1.807) is 4.90 Å². The molecule has 0 heterocycles. The Labute approximate surface area is 132 Å². The van der Waals surface area contributed by atoms with Crippen molar-refractivity contribution in [2.24, 2.45) is 0 Å². The Balaban J connectivity index is 1.81. The third-order valence-electron chi connectivity index (χ3n) is 4.23. The summed E-state index contributed by atoms with van der Waals surface area (Å²) in [7, 11) is 0. The van der Waals surface area contributed by atoms with E-state index >= 15 is 0 Å². The minimum atomic E-state index is -0.136. The Morgan fingerprint density at radius 3 is 2.45 bits per heavy atom. The first-order valence-electron chi connectivity index (χ1n) is 8.30. The first-order valence-corrected chi connectivity index (χ1v) is 8.30. The van der Waals surface area contributed by atoms with Crippen molar-refractivity contribution in [2.75, 3.05) is 6.54 Å². The molecule has 2 rings (SSSR count). The van der Waals surface area contributed by atoms with E-state index in [1.807, 2.05) is 37.3 Å². The molecule has 0 aliphatic heterocycles. The predicted molar refractivity (Wildman–Crippen MR) is 87.2 cm³/mol. The lowest BCUT2D eigenvalue weighted by Crippen LogP contribution is -2.40. The molecule has 1 aromatic rings. The molecule has 120 valence electrons. The SMILES string of the molecule is CCN(Cc1ccccc1)C(=O)CC(=O)NC1CCCCC1. The topological polar surface area (TPSA) is 49.4 Å². The van der Waals surface area contributed by atoms with Gasteiger partial charge >= 0.3 is 0 Å². The highest BCUT2D eigenvalue weighted by Crippen LogP contribution is 2.17. The van der Waals surface area contributed by atoms with Gasteiger partial charge < -0.3 is 10.2 Å². The van der Waals surface area contributed by atoms with Crippen molar-refractivity contribution >= 4 is 11.8 Å². The fourth-order valence-corrected chi connectivity index (χ4v) is 2.95. The van der Waals surface area contributed by atoms with E-state index in [9.17, 15) is 9.59 Å². The van der Waals surface area contributed by atoms with E-state index in [-0.39, 0.29) is 24.3 Å². The molecule has 1 aromatic carbocycles. The molecule has 1 aliphatic carbocycles. The van der Waals surface area contributed by atoms with Crippen molar-refractivity contribution < 1.29 is 9.59 Å². The molecule has 22 heavy (non-hydrogen) atoms.